The van der Waals surface area contributed by atoms with Crippen molar-refractivity contribution in [2.45, 2.75) is 13.0 Å². The van der Waals surface area contributed by atoms with Gasteiger partial charge in [-0.15, -0.1) is 11.3 Å². The topological polar surface area (TPSA) is 39.2 Å². The molecule has 2 aromatic rings. The fourth-order valence-corrected chi connectivity index (χ4v) is 2.02. The third-order valence-electron chi connectivity index (χ3n) is 2.20. The predicted octanol–water partition coefficient (Wildman–Crippen LogP) is 3.17. The second kappa shape index (κ2) is 5.68. The van der Waals surface area contributed by atoms with E-state index in [9.17, 15) is 13.6 Å². The molecule has 1 heterocycles. The van der Waals surface area contributed by atoms with E-state index < -0.39 is 6.61 Å². The molecule has 0 saturated heterocycles. The molecule has 0 aliphatic heterocycles. The minimum Gasteiger partial charge on any atom is -0.435 e. The summed E-state index contributed by atoms with van der Waals surface area (Å²) in [6.07, 6.45) is 1.85. The number of aromatic nitrogens is 1. The van der Waals surface area contributed by atoms with Crippen molar-refractivity contribution in [2.24, 2.45) is 0 Å². The molecule has 0 unspecified atom stereocenters. The molecule has 0 radical (unpaired) electrons. The van der Waals surface area contributed by atoms with Crippen molar-refractivity contribution in [2.75, 3.05) is 0 Å². The number of rotatable bonds is 5. The zero-order valence-corrected chi connectivity index (χ0v) is 9.99. The Bertz CT molecular complexity index is 511. The molecule has 0 saturated carbocycles. The Morgan fingerprint density at radius 2 is 2.06 bits per heavy atom. The maximum atomic E-state index is 11.9. The summed E-state index contributed by atoms with van der Waals surface area (Å²) >= 11 is 1.40. The summed E-state index contributed by atoms with van der Waals surface area (Å²) < 4.78 is 28.1. The van der Waals surface area contributed by atoms with Crippen LogP contribution in [0.15, 0.2) is 35.8 Å². The summed E-state index contributed by atoms with van der Waals surface area (Å²) in [5.74, 6) is -0.0654. The van der Waals surface area contributed by atoms with Crippen molar-refractivity contribution in [3.8, 4) is 5.75 Å². The number of thiazole rings is 1. The number of benzene rings is 1. The van der Waals surface area contributed by atoms with Gasteiger partial charge in [0, 0.05) is 17.1 Å². The number of Topliss-reactive ketones (excluding diaryl/α,β-unsaturated/α-hetero) is 1. The summed E-state index contributed by atoms with van der Waals surface area (Å²) in [4.78, 5) is 15.8. The van der Waals surface area contributed by atoms with E-state index in [1.807, 2.05) is 0 Å². The minimum absolute atomic E-state index is 0.0378. The van der Waals surface area contributed by atoms with Gasteiger partial charge in [0.25, 0.3) is 0 Å². The molecule has 0 atom stereocenters. The van der Waals surface area contributed by atoms with Gasteiger partial charge in [-0.3, -0.25) is 4.79 Å². The van der Waals surface area contributed by atoms with Crippen LogP contribution in [0, 0.1) is 0 Å². The summed E-state index contributed by atoms with van der Waals surface area (Å²) in [6, 6.07) is 5.63. The van der Waals surface area contributed by atoms with Crippen LogP contribution in [-0.4, -0.2) is 17.4 Å². The quantitative estimate of drug-likeness (QED) is 0.783. The van der Waals surface area contributed by atoms with Crippen molar-refractivity contribution in [3.05, 3.63) is 46.4 Å². The van der Waals surface area contributed by atoms with Gasteiger partial charge in [-0.1, -0.05) is 0 Å². The molecule has 0 N–H and O–H groups in total. The third-order valence-corrected chi connectivity index (χ3v) is 2.98. The highest BCUT2D eigenvalue weighted by atomic mass is 32.1. The van der Waals surface area contributed by atoms with Gasteiger partial charge in [0.15, 0.2) is 5.78 Å². The first-order valence-electron chi connectivity index (χ1n) is 5.11. The average Bonchev–Trinajstić information content (AvgIpc) is 2.82. The first kappa shape index (κ1) is 12.6. The molecule has 6 heteroatoms. The molecule has 0 amide bonds. The number of ether oxygens (including phenoxy) is 1. The van der Waals surface area contributed by atoms with Gasteiger partial charge >= 0.3 is 6.61 Å². The molecule has 0 fully saturated rings. The number of hydrogen-bond donors (Lipinski definition) is 0. The number of alkyl halides is 2. The van der Waals surface area contributed by atoms with Crippen LogP contribution in [0.5, 0.6) is 5.75 Å². The maximum absolute atomic E-state index is 11.9. The van der Waals surface area contributed by atoms with Crippen LogP contribution in [-0.2, 0) is 6.42 Å². The molecule has 3 nitrogen and oxygen atoms in total. The summed E-state index contributed by atoms with van der Waals surface area (Å²) in [5.41, 5.74) is 0.451. The van der Waals surface area contributed by atoms with E-state index in [2.05, 4.69) is 9.72 Å². The Labute approximate surface area is 106 Å². The van der Waals surface area contributed by atoms with Crippen LogP contribution >= 0.6 is 11.3 Å². The number of halogens is 2. The van der Waals surface area contributed by atoms with Gasteiger partial charge in [-0.05, 0) is 24.3 Å². The summed E-state index contributed by atoms with van der Waals surface area (Å²) in [6.45, 7) is -2.86. The van der Waals surface area contributed by atoms with Crippen molar-refractivity contribution < 1.29 is 18.3 Å². The van der Waals surface area contributed by atoms with E-state index in [4.69, 9.17) is 0 Å². The lowest BCUT2D eigenvalue weighted by Crippen LogP contribution is -2.04. The molecule has 0 aliphatic carbocycles. The largest absolute Gasteiger partial charge is 0.435 e. The highest BCUT2D eigenvalue weighted by Gasteiger charge is 2.10. The van der Waals surface area contributed by atoms with Crippen LogP contribution in [0.1, 0.15) is 15.4 Å². The fourth-order valence-electron chi connectivity index (χ4n) is 1.40. The van der Waals surface area contributed by atoms with Crippen LogP contribution in [0.4, 0.5) is 8.78 Å². The smallest absolute Gasteiger partial charge is 0.387 e. The Hall–Kier alpha value is -1.82. The van der Waals surface area contributed by atoms with Crippen molar-refractivity contribution >= 4 is 17.1 Å². The van der Waals surface area contributed by atoms with E-state index >= 15 is 0 Å². The van der Waals surface area contributed by atoms with Gasteiger partial charge in [-0.25, -0.2) is 4.98 Å². The molecule has 0 bridgehead atoms. The van der Waals surface area contributed by atoms with Crippen molar-refractivity contribution in [3.63, 3.8) is 0 Å². The van der Waals surface area contributed by atoms with Gasteiger partial charge < -0.3 is 4.74 Å². The highest BCUT2D eigenvalue weighted by Crippen LogP contribution is 2.16. The minimum atomic E-state index is -2.86. The third kappa shape index (κ3) is 3.33. The average molecular weight is 269 g/mol. The van der Waals surface area contributed by atoms with E-state index in [1.54, 1.807) is 11.6 Å². The SMILES string of the molecule is O=C(Cc1nccs1)c1ccc(OC(F)F)cc1. The van der Waals surface area contributed by atoms with Gasteiger partial charge in [0.1, 0.15) is 10.8 Å². The maximum Gasteiger partial charge on any atom is 0.387 e. The van der Waals surface area contributed by atoms with E-state index in [0.717, 1.165) is 5.01 Å². The van der Waals surface area contributed by atoms with Gasteiger partial charge in [0.2, 0.25) is 0 Å². The Morgan fingerprint density at radius 1 is 1.33 bits per heavy atom. The Balaban J connectivity index is 2.03. The number of hydrogen-bond acceptors (Lipinski definition) is 4. The molecule has 1 aromatic heterocycles. The Kier molecular flexibility index (Phi) is 3.99. The zero-order valence-electron chi connectivity index (χ0n) is 9.18. The second-order valence-corrected chi connectivity index (χ2v) is 4.41. The lowest BCUT2D eigenvalue weighted by molar-refractivity contribution is -0.0498. The molecule has 2 rings (SSSR count). The number of carbonyl (C=O) groups excluding carboxylic acids is 1. The van der Waals surface area contributed by atoms with E-state index in [0.29, 0.717) is 5.56 Å². The molecule has 0 spiro atoms. The predicted molar refractivity (Wildman–Crippen MR) is 63.2 cm³/mol. The fraction of sp³-hybridized carbons (Fsp3) is 0.167. The van der Waals surface area contributed by atoms with Crippen molar-refractivity contribution in [1.82, 2.24) is 4.98 Å². The molecule has 94 valence electrons. The number of ketones is 1. The van der Waals surface area contributed by atoms with Gasteiger partial charge in [0.05, 0.1) is 6.42 Å². The molecule has 1 aromatic carbocycles. The molecular weight excluding hydrogens is 260 g/mol. The Morgan fingerprint density at radius 3 is 2.61 bits per heavy atom. The van der Waals surface area contributed by atoms with Crippen LogP contribution in [0.2, 0.25) is 0 Å². The summed E-state index contributed by atoms with van der Waals surface area (Å²) in [5, 5.41) is 2.52. The summed E-state index contributed by atoms with van der Waals surface area (Å²) in [7, 11) is 0. The van der Waals surface area contributed by atoms with Crippen molar-refractivity contribution in [1.29, 1.82) is 0 Å². The monoisotopic (exact) mass is 269 g/mol. The number of nitrogens with zero attached hydrogens (tertiary/aromatic N) is 1. The van der Waals surface area contributed by atoms with Crippen LogP contribution in [0.3, 0.4) is 0 Å². The van der Waals surface area contributed by atoms with Gasteiger partial charge in [-0.2, -0.15) is 8.78 Å². The standard InChI is InChI=1S/C12H9F2NO2S/c13-12(14)17-9-3-1-8(2-4-9)10(16)7-11-15-5-6-18-11/h1-6,12H,7H2. The van der Waals surface area contributed by atoms with Crippen LogP contribution < -0.4 is 4.74 Å². The lowest BCUT2D eigenvalue weighted by Gasteiger charge is -2.04. The molecular formula is C12H9F2NO2S. The highest BCUT2D eigenvalue weighted by molar-refractivity contribution is 7.09. The zero-order chi connectivity index (χ0) is 13.0. The molecule has 0 aliphatic rings. The molecule has 18 heavy (non-hydrogen) atoms. The normalized spacial score (nSPS) is 10.6. The first-order valence-corrected chi connectivity index (χ1v) is 5.99. The van der Waals surface area contributed by atoms with Crippen LogP contribution in [0.25, 0.3) is 0 Å². The van der Waals surface area contributed by atoms with E-state index in [1.165, 1.54) is 35.6 Å². The first-order chi connectivity index (χ1) is 8.65. The van der Waals surface area contributed by atoms with E-state index in [-0.39, 0.29) is 18.0 Å². The second-order valence-electron chi connectivity index (χ2n) is 3.43. The number of carbonyl (C=O) groups is 1. The lowest BCUT2D eigenvalue weighted by atomic mass is 10.1.